The molecule has 0 radical (unpaired) electrons. The molecule has 3 rings (SSSR count). The number of ether oxygens (including phenoxy) is 2. The molecular weight excluding hydrogens is 458 g/mol. The maximum Gasteiger partial charge on any atom is 0.387 e. The number of halogens is 2. The minimum Gasteiger partial charge on any atom is -0.507 e. The number of rotatable bonds is 8. The van der Waals surface area contributed by atoms with Gasteiger partial charge in [-0.2, -0.15) is 8.78 Å². The quantitative estimate of drug-likeness (QED) is 0.354. The Morgan fingerprint density at radius 3 is 2.06 bits per heavy atom. The van der Waals surface area contributed by atoms with Crippen LogP contribution in [0.2, 0.25) is 0 Å². The van der Waals surface area contributed by atoms with Crippen molar-refractivity contribution in [2.45, 2.75) is 47.1 Å². The van der Waals surface area contributed by atoms with Crippen LogP contribution in [0.15, 0.2) is 56.8 Å². The largest absolute Gasteiger partial charge is 0.507 e. The molecule has 6 nitrogen and oxygen atoms in total. The molecule has 0 saturated carbocycles. The Morgan fingerprint density at radius 1 is 0.971 bits per heavy atom. The van der Waals surface area contributed by atoms with Crippen LogP contribution in [0, 0.1) is 0 Å². The highest BCUT2D eigenvalue weighted by molar-refractivity contribution is 5.93. The highest BCUT2D eigenvalue weighted by atomic mass is 19.3. The van der Waals surface area contributed by atoms with E-state index in [1.165, 1.54) is 31.4 Å². The van der Waals surface area contributed by atoms with Crippen molar-refractivity contribution < 1.29 is 32.9 Å². The topological polar surface area (TPSA) is 89.1 Å². The van der Waals surface area contributed by atoms with Crippen molar-refractivity contribution in [1.82, 2.24) is 0 Å². The molecule has 0 aliphatic heterocycles. The first kappa shape index (κ1) is 25.8. The number of hydrogen-bond acceptors (Lipinski definition) is 6. The van der Waals surface area contributed by atoms with Gasteiger partial charge in [-0.25, -0.2) is 0 Å². The van der Waals surface area contributed by atoms with Gasteiger partial charge in [0.15, 0.2) is 5.76 Å². The van der Waals surface area contributed by atoms with E-state index < -0.39 is 12.0 Å². The standard InChI is InChI=1S/C27H28F2O6/c1-14(2)6-12-18-21(30)19(13-7-15(3)4)25-20(22(18)31)23(32)26(33-5)24(35-25)16-8-10-17(11-9-16)34-27(28)29/h6-11,27,30-31H,12-13H2,1-5H3. The number of fused-ring (bicyclic) bond motifs is 1. The second-order valence-corrected chi connectivity index (χ2v) is 8.53. The van der Waals surface area contributed by atoms with Crippen LogP contribution in [0.4, 0.5) is 8.78 Å². The smallest absolute Gasteiger partial charge is 0.387 e. The lowest BCUT2D eigenvalue weighted by atomic mass is 9.96. The summed E-state index contributed by atoms with van der Waals surface area (Å²) >= 11 is 0. The summed E-state index contributed by atoms with van der Waals surface area (Å²) < 4.78 is 40.8. The minimum absolute atomic E-state index is 0.0205. The van der Waals surface area contributed by atoms with Gasteiger partial charge in [-0.3, -0.25) is 4.79 Å². The van der Waals surface area contributed by atoms with Crippen molar-refractivity contribution >= 4 is 11.0 Å². The molecule has 0 saturated heterocycles. The second-order valence-electron chi connectivity index (χ2n) is 8.53. The number of allylic oxidation sites excluding steroid dienone is 4. The third-order valence-electron chi connectivity index (χ3n) is 5.41. The summed E-state index contributed by atoms with van der Waals surface area (Å²) in [6.07, 6.45) is 4.17. The van der Waals surface area contributed by atoms with E-state index in [9.17, 15) is 23.8 Å². The fourth-order valence-corrected chi connectivity index (χ4v) is 3.66. The summed E-state index contributed by atoms with van der Waals surface area (Å²) in [6, 6.07) is 5.52. The highest BCUT2D eigenvalue weighted by Crippen LogP contribution is 2.43. The summed E-state index contributed by atoms with van der Waals surface area (Å²) in [6.45, 7) is 4.61. The van der Waals surface area contributed by atoms with Crippen molar-refractivity contribution in [3.05, 3.63) is 68.9 Å². The molecule has 0 unspecified atom stereocenters. The van der Waals surface area contributed by atoms with Gasteiger partial charge in [-0.05, 0) is 64.8 Å². The molecular formula is C27H28F2O6. The van der Waals surface area contributed by atoms with E-state index in [2.05, 4.69) is 4.74 Å². The van der Waals surface area contributed by atoms with Crippen LogP contribution in [-0.4, -0.2) is 23.9 Å². The summed E-state index contributed by atoms with van der Waals surface area (Å²) in [4.78, 5) is 13.5. The van der Waals surface area contributed by atoms with Crippen LogP contribution in [-0.2, 0) is 12.8 Å². The zero-order valence-electron chi connectivity index (χ0n) is 20.2. The SMILES string of the molecule is COc1c(-c2ccc(OC(F)F)cc2)oc2c(CC=C(C)C)c(O)c(CC=C(C)C)c(O)c2c1=O. The van der Waals surface area contributed by atoms with Crippen LogP contribution in [0.5, 0.6) is 23.0 Å². The van der Waals surface area contributed by atoms with Crippen LogP contribution in [0.25, 0.3) is 22.3 Å². The first-order valence-electron chi connectivity index (χ1n) is 11.0. The average molecular weight is 487 g/mol. The minimum atomic E-state index is -2.97. The van der Waals surface area contributed by atoms with E-state index in [0.29, 0.717) is 11.1 Å². The zero-order valence-corrected chi connectivity index (χ0v) is 20.2. The van der Waals surface area contributed by atoms with E-state index in [0.717, 1.165) is 11.1 Å². The molecule has 3 aromatic rings. The van der Waals surface area contributed by atoms with E-state index >= 15 is 0 Å². The molecule has 35 heavy (non-hydrogen) atoms. The maximum atomic E-state index is 13.5. The monoisotopic (exact) mass is 486 g/mol. The summed E-state index contributed by atoms with van der Waals surface area (Å²) in [5, 5.41) is 22.0. The number of phenols is 2. The summed E-state index contributed by atoms with van der Waals surface area (Å²) in [5.41, 5.74) is 2.29. The Kier molecular flexibility index (Phi) is 7.84. The van der Waals surface area contributed by atoms with Gasteiger partial charge >= 0.3 is 6.61 Å². The van der Waals surface area contributed by atoms with Crippen molar-refractivity contribution in [3.63, 3.8) is 0 Å². The Labute approximate surface area is 201 Å². The Hall–Kier alpha value is -3.81. The predicted molar refractivity (Wildman–Crippen MR) is 131 cm³/mol. The van der Waals surface area contributed by atoms with Gasteiger partial charge < -0.3 is 24.1 Å². The highest BCUT2D eigenvalue weighted by Gasteiger charge is 2.26. The molecule has 0 amide bonds. The lowest BCUT2D eigenvalue weighted by Gasteiger charge is -2.16. The third-order valence-corrected chi connectivity index (χ3v) is 5.41. The van der Waals surface area contributed by atoms with Crippen LogP contribution in [0.1, 0.15) is 38.8 Å². The number of hydrogen-bond donors (Lipinski definition) is 2. The molecule has 186 valence electrons. The Balaban J connectivity index is 2.36. The second kappa shape index (κ2) is 10.6. The van der Waals surface area contributed by atoms with Gasteiger partial charge in [0.05, 0.1) is 7.11 Å². The number of aromatic hydroxyl groups is 2. The first-order chi connectivity index (χ1) is 16.5. The fraction of sp³-hybridized carbons (Fsp3) is 0.296. The third kappa shape index (κ3) is 5.48. The van der Waals surface area contributed by atoms with Crippen molar-refractivity contribution in [1.29, 1.82) is 0 Å². The number of alkyl halides is 2. The van der Waals surface area contributed by atoms with E-state index in [4.69, 9.17) is 9.15 Å². The first-order valence-corrected chi connectivity index (χ1v) is 11.0. The summed E-state index contributed by atoms with van der Waals surface area (Å²) in [7, 11) is 1.29. The number of benzene rings is 2. The zero-order chi connectivity index (χ0) is 25.9. The molecule has 1 heterocycles. The van der Waals surface area contributed by atoms with Crippen molar-refractivity contribution in [2.75, 3.05) is 7.11 Å². The molecule has 0 spiro atoms. The normalized spacial score (nSPS) is 11.0. The molecule has 0 aliphatic carbocycles. The van der Waals surface area contributed by atoms with Gasteiger partial charge in [-0.15, -0.1) is 0 Å². The van der Waals surface area contributed by atoms with Crippen LogP contribution < -0.4 is 14.9 Å². The lowest BCUT2D eigenvalue weighted by Crippen LogP contribution is -2.10. The predicted octanol–water partition coefficient (Wildman–Crippen LogP) is 6.50. The summed E-state index contributed by atoms with van der Waals surface area (Å²) in [5.74, 6) is -0.736. The van der Waals surface area contributed by atoms with Gasteiger partial charge in [0.25, 0.3) is 0 Å². The molecule has 0 atom stereocenters. The van der Waals surface area contributed by atoms with Gasteiger partial charge in [0.2, 0.25) is 11.2 Å². The number of methoxy groups -OCH3 is 1. The molecule has 2 aromatic carbocycles. The van der Waals surface area contributed by atoms with Gasteiger partial charge in [-0.1, -0.05) is 23.3 Å². The maximum absolute atomic E-state index is 13.5. The number of phenolic OH excluding ortho intramolecular Hbond substituents is 2. The van der Waals surface area contributed by atoms with E-state index in [1.54, 1.807) is 0 Å². The Bertz CT molecular complexity index is 1340. The van der Waals surface area contributed by atoms with Crippen molar-refractivity contribution in [3.8, 4) is 34.3 Å². The van der Waals surface area contributed by atoms with Gasteiger partial charge in [0, 0.05) is 16.7 Å². The molecule has 1 aromatic heterocycles. The van der Waals surface area contributed by atoms with E-state index in [1.807, 2.05) is 39.8 Å². The molecule has 0 aliphatic rings. The van der Waals surface area contributed by atoms with Crippen LogP contribution in [0.3, 0.4) is 0 Å². The Morgan fingerprint density at radius 2 is 1.54 bits per heavy atom. The fourth-order valence-electron chi connectivity index (χ4n) is 3.66. The average Bonchev–Trinajstić information content (AvgIpc) is 2.78. The molecule has 8 heteroatoms. The molecule has 2 N–H and O–H groups in total. The van der Waals surface area contributed by atoms with E-state index in [-0.39, 0.29) is 58.1 Å². The van der Waals surface area contributed by atoms with Crippen LogP contribution >= 0.6 is 0 Å². The lowest BCUT2D eigenvalue weighted by molar-refractivity contribution is -0.0498. The van der Waals surface area contributed by atoms with Crippen molar-refractivity contribution in [2.24, 2.45) is 0 Å². The van der Waals surface area contributed by atoms with Gasteiger partial charge in [0.1, 0.15) is 28.2 Å². The molecule has 0 fully saturated rings. The molecule has 0 bridgehead atoms.